The molecule has 0 radical (unpaired) electrons. The van der Waals surface area contributed by atoms with E-state index in [0.717, 1.165) is 29.7 Å². The number of nitrogen functional groups attached to an aromatic ring is 2. The van der Waals surface area contributed by atoms with Gasteiger partial charge in [-0.3, -0.25) is 0 Å². The molecule has 0 spiro atoms. The Kier molecular flexibility index (Phi) is 5.68. The Hall–Kier alpha value is -4.08. The van der Waals surface area contributed by atoms with Gasteiger partial charge in [-0.15, -0.1) is 0 Å². The molecule has 10 heteroatoms. The molecule has 0 aliphatic rings. The van der Waals surface area contributed by atoms with Crippen molar-refractivity contribution < 1.29 is 35.8 Å². The summed E-state index contributed by atoms with van der Waals surface area (Å²) in [5, 5.41) is 1.34. The van der Waals surface area contributed by atoms with Crippen LogP contribution in [0.5, 0.6) is 23.0 Å². The van der Waals surface area contributed by atoms with Gasteiger partial charge in [0.05, 0.1) is 11.1 Å². The maximum Gasteiger partial charge on any atom is 0.418 e. The third-order valence-electron chi connectivity index (χ3n) is 4.91. The molecule has 0 fully saturated rings. The first-order valence-corrected chi connectivity index (χ1v) is 9.73. The SMILES string of the molecule is Nc1ccc(Oc2ccc3ccc(Oc4ccc(N)c(C(F)(F)F)c4)cc3c2)cc1C(F)(F)F. The normalized spacial score (nSPS) is 12.1. The van der Waals surface area contributed by atoms with E-state index in [1.807, 2.05) is 0 Å². The molecule has 0 aliphatic heterocycles. The average molecular weight is 478 g/mol. The molecular weight excluding hydrogens is 462 g/mol. The van der Waals surface area contributed by atoms with E-state index in [-0.39, 0.29) is 23.0 Å². The second-order valence-corrected chi connectivity index (χ2v) is 7.37. The minimum atomic E-state index is -4.63. The molecule has 0 aromatic heterocycles. The Balaban J connectivity index is 1.61. The Morgan fingerprint density at radius 1 is 0.471 bits per heavy atom. The van der Waals surface area contributed by atoms with Gasteiger partial charge in [0, 0.05) is 11.4 Å². The predicted molar refractivity (Wildman–Crippen MR) is 116 cm³/mol. The number of hydrogen-bond donors (Lipinski definition) is 2. The van der Waals surface area contributed by atoms with Gasteiger partial charge in [-0.1, -0.05) is 12.1 Å². The van der Waals surface area contributed by atoms with Crippen molar-refractivity contribution in [1.82, 2.24) is 0 Å². The van der Waals surface area contributed by atoms with Crippen LogP contribution in [0.2, 0.25) is 0 Å². The fourth-order valence-electron chi connectivity index (χ4n) is 3.29. The average Bonchev–Trinajstić information content (AvgIpc) is 2.74. The molecule has 176 valence electrons. The van der Waals surface area contributed by atoms with E-state index in [4.69, 9.17) is 20.9 Å². The van der Waals surface area contributed by atoms with Crippen LogP contribution in [0.15, 0.2) is 72.8 Å². The molecule has 4 nitrogen and oxygen atoms in total. The highest BCUT2D eigenvalue weighted by atomic mass is 19.4. The van der Waals surface area contributed by atoms with Gasteiger partial charge in [0.15, 0.2) is 0 Å². The predicted octanol–water partition coefficient (Wildman–Crippen LogP) is 7.63. The summed E-state index contributed by atoms with van der Waals surface area (Å²) in [5.74, 6) is 0.369. The highest BCUT2D eigenvalue weighted by molar-refractivity contribution is 5.85. The summed E-state index contributed by atoms with van der Waals surface area (Å²) in [6.45, 7) is 0. The van der Waals surface area contributed by atoms with Gasteiger partial charge in [0.25, 0.3) is 0 Å². The fourth-order valence-corrected chi connectivity index (χ4v) is 3.29. The van der Waals surface area contributed by atoms with Crippen molar-refractivity contribution in [3.05, 3.63) is 83.9 Å². The smallest absolute Gasteiger partial charge is 0.418 e. The lowest BCUT2D eigenvalue weighted by atomic mass is 10.1. The Bertz CT molecular complexity index is 1270. The number of benzene rings is 4. The number of ether oxygens (including phenoxy) is 2. The van der Waals surface area contributed by atoms with Gasteiger partial charge in [0.2, 0.25) is 0 Å². The van der Waals surface area contributed by atoms with Gasteiger partial charge in [-0.25, -0.2) is 0 Å². The second-order valence-electron chi connectivity index (χ2n) is 7.37. The van der Waals surface area contributed by atoms with Crippen molar-refractivity contribution in [3.8, 4) is 23.0 Å². The zero-order valence-corrected chi connectivity index (χ0v) is 17.2. The zero-order chi connectivity index (χ0) is 24.7. The number of anilines is 2. The maximum absolute atomic E-state index is 13.1. The van der Waals surface area contributed by atoms with Crippen LogP contribution in [-0.4, -0.2) is 0 Å². The summed E-state index contributed by atoms with van der Waals surface area (Å²) in [6.07, 6.45) is -9.26. The fraction of sp³-hybridized carbons (Fsp3) is 0.0833. The molecule has 0 bridgehead atoms. The minimum absolute atomic E-state index is 0.0603. The Labute approximate surface area is 189 Å². The second kappa shape index (κ2) is 8.36. The van der Waals surface area contributed by atoms with Crippen LogP contribution in [-0.2, 0) is 12.4 Å². The molecule has 4 N–H and O–H groups in total. The molecule has 34 heavy (non-hydrogen) atoms. The molecule has 0 atom stereocenters. The highest BCUT2D eigenvalue weighted by Crippen LogP contribution is 2.39. The van der Waals surface area contributed by atoms with E-state index in [2.05, 4.69) is 0 Å². The lowest BCUT2D eigenvalue weighted by Crippen LogP contribution is -2.08. The summed E-state index contributed by atoms with van der Waals surface area (Å²) in [6, 6.07) is 16.1. The van der Waals surface area contributed by atoms with Crippen molar-refractivity contribution in [2.24, 2.45) is 0 Å². The molecular formula is C24H16F6N2O2. The quantitative estimate of drug-likeness (QED) is 0.234. The molecule has 4 aromatic carbocycles. The standard InChI is InChI=1S/C24H16F6N2O2/c25-23(26,27)19-11-17(5-7-21(19)31)33-15-3-1-13-2-4-16(10-14(13)9-15)34-18-6-8-22(32)20(12-18)24(28,29)30/h1-12H,31-32H2. The van der Waals surface area contributed by atoms with Crippen LogP contribution in [0.4, 0.5) is 37.7 Å². The third-order valence-corrected chi connectivity index (χ3v) is 4.91. The van der Waals surface area contributed by atoms with Gasteiger partial charge < -0.3 is 20.9 Å². The number of hydrogen-bond acceptors (Lipinski definition) is 4. The zero-order valence-electron chi connectivity index (χ0n) is 17.2. The largest absolute Gasteiger partial charge is 0.457 e. The maximum atomic E-state index is 13.1. The minimum Gasteiger partial charge on any atom is -0.457 e. The van der Waals surface area contributed by atoms with Crippen molar-refractivity contribution >= 4 is 22.1 Å². The van der Waals surface area contributed by atoms with Crippen LogP contribution >= 0.6 is 0 Å². The van der Waals surface area contributed by atoms with Crippen molar-refractivity contribution in [3.63, 3.8) is 0 Å². The molecule has 0 aliphatic carbocycles. The molecule has 4 rings (SSSR count). The molecule has 0 unspecified atom stereocenters. The van der Waals surface area contributed by atoms with Crippen molar-refractivity contribution in [1.29, 1.82) is 0 Å². The first kappa shape index (κ1) is 23.1. The summed E-state index contributed by atoms with van der Waals surface area (Å²) in [7, 11) is 0. The van der Waals surface area contributed by atoms with Gasteiger partial charge in [0.1, 0.15) is 23.0 Å². The van der Waals surface area contributed by atoms with Gasteiger partial charge in [-0.2, -0.15) is 26.3 Å². The van der Waals surface area contributed by atoms with E-state index in [0.29, 0.717) is 5.39 Å². The van der Waals surface area contributed by atoms with E-state index in [1.165, 1.54) is 12.1 Å². The van der Waals surface area contributed by atoms with E-state index in [1.54, 1.807) is 36.4 Å². The van der Waals surface area contributed by atoms with Gasteiger partial charge >= 0.3 is 12.4 Å². The van der Waals surface area contributed by atoms with Crippen LogP contribution in [0, 0.1) is 0 Å². The summed E-state index contributed by atoms with van der Waals surface area (Å²) in [5.41, 5.74) is 7.95. The van der Waals surface area contributed by atoms with Crippen LogP contribution in [0.1, 0.15) is 11.1 Å². The molecule has 0 amide bonds. The van der Waals surface area contributed by atoms with Gasteiger partial charge in [-0.05, 0) is 71.4 Å². The topological polar surface area (TPSA) is 70.5 Å². The lowest BCUT2D eigenvalue weighted by Gasteiger charge is -2.14. The number of nitrogens with two attached hydrogens (primary N) is 2. The Morgan fingerprint density at radius 3 is 1.21 bits per heavy atom. The van der Waals surface area contributed by atoms with Crippen LogP contribution in [0.3, 0.4) is 0 Å². The molecule has 0 heterocycles. The Morgan fingerprint density at radius 2 is 0.824 bits per heavy atom. The number of halogens is 6. The summed E-state index contributed by atoms with van der Waals surface area (Å²) in [4.78, 5) is 0. The summed E-state index contributed by atoms with van der Waals surface area (Å²) >= 11 is 0. The van der Waals surface area contributed by atoms with Crippen LogP contribution in [0.25, 0.3) is 10.8 Å². The third kappa shape index (κ3) is 4.95. The lowest BCUT2D eigenvalue weighted by molar-refractivity contribution is -0.137. The molecule has 0 saturated heterocycles. The number of rotatable bonds is 4. The number of fused-ring (bicyclic) bond motifs is 1. The molecule has 4 aromatic rings. The number of alkyl halides is 6. The van der Waals surface area contributed by atoms with E-state index >= 15 is 0 Å². The highest BCUT2D eigenvalue weighted by Gasteiger charge is 2.34. The van der Waals surface area contributed by atoms with E-state index < -0.39 is 34.9 Å². The molecule has 0 saturated carbocycles. The van der Waals surface area contributed by atoms with Crippen molar-refractivity contribution in [2.75, 3.05) is 11.5 Å². The monoisotopic (exact) mass is 478 g/mol. The first-order chi connectivity index (χ1) is 15.9. The van der Waals surface area contributed by atoms with E-state index in [9.17, 15) is 26.3 Å². The summed E-state index contributed by atoms with van der Waals surface area (Å²) < 4.78 is 89.7. The van der Waals surface area contributed by atoms with Crippen LogP contribution < -0.4 is 20.9 Å². The van der Waals surface area contributed by atoms with Crippen molar-refractivity contribution in [2.45, 2.75) is 12.4 Å². The first-order valence-electron chi connectivity index (χ1n) is 9.73.